The average molecular weight is 304 g/mol. The van der Waals surface area contributed by atoms with E-state index >= 15 is 0 Å². The van der Waals surface area contributed by atoms with Gasteiger partial charge in [0.15, 0.2) is 6.54 Å². The maximum absolute atomic E-state index is 11.6. The summed E-state index contributed by atoms with van der Waals surface area (Å²) in [6.07, 6.45) is 3.45. The second-order valence-corrected chi connectivity index (χ2v) is 6.39. The van der Waals surface area contributed by atoms with Crippen LogP contribution in [0.15, 0.2) is 42.5 Å². The minimum atomic E-state index is -1.31. The van der Waals surface area contributed by atoms with Crippen molar-refractivity contribution in [1.82, 2.24) is 0 Å². The van der Waals surface area contributed by atoms with Crippen LogP contribution < -0.4 is 4.90 Å². The third-order valence-electron chi connectivity index (χ3n) is 4.74. The Morgan fingerprint density at radius 1 is 1.09 bits per heavy atom. The first-order chi connectivity index (χ1) is 10.5. The lowest BCUT2D eigenvalue weighted by Gasteiger charge is -2.41. The number of nitrogens with one attached hydrogen (secondary N) is 1. The molecule has 0 saturated carbocycles. The van der Waals surface area contributed by atoms with Gasteiger partial charge < -0.3 is 4.90 Å². The van der Waals surface area contributed by atoms with Gasteiger partial charge in [-0.1, -0.05) is 36.4 Å². The van der Waals surface area contributed by atoms with Gasteiger partial charge in [0.2, 0.25) is 0 Å². The van der Waals surface area contributed by atoms with E-state index < -0.39 is 11.1 Å². The largest absolute Gasteiger partial charge is 0.319 e. The Hall–Kier alpha value is -2.28. The van der Waals surface area contributed by atoms with E-state index in [-0.39, 0.29) is 22.7 Å². The molecule has 116 valence electrons. The number of rotatable bonds is 4. The normalized spacial score (nSPS) is 33.4. The fourth-order valence-corrected chi connectivity index (χ4v) is 3.82. The van der Waals surface area contributed by atoms with Crippen molar-refractivity contribution in [1.29, 1.82) is 0 Å². The summed E-state index contributed by atoms with van der Waals surface area (Å²) < 4.78 is 0. The van der Waals surface area contributed by atoms with Crippen LogP contribution >= 0.6 is 0 Å². The van der Waals surface area contributed by atoms with E-state index in [0.717, 1.165) is 10.5 Å². The van der Waals surface area contributed by atoms with Crippen LogP contribution in [0, 0.1) is 20.2 Å². The van der Waals surface area contributed by atoms with Gasteiger partial charge in [-0.3, -0.25) is 20.2 Å². The molecule has 1 aromatic carbocycles. The van der Waals surface area contributed by atoms with Gasteiger partial charge in [0.05, 0.1) is 0 Å². The van der Waals surface area contributed by atoms with E-state index in [4.69, 9.17) is 0 Å². The lowest BCUT2D eigenvalue weighted by molar-refractivity contribution is -0.954. The molecule has 0 amide bonds. The lowest BCUT2D eigenvalue weighted by atomic mass is 9.72. The highest BCUT2D eigenvalue weighted by Gasteiger charge is 2.65. The van der Waals surface area contributed by atoms with Crippen LogP contribution in [0.25, 0.3) is 0 Å². The third kappa shape index (κ3) is 2.37. The first kappa shape index (κ1) is 14.6. The molecule has 1 heterocycles. The number of piperidine rings is 1. The summed E-state index contributed by atoms with van der Waals surface area (Å²) in [5.74, 6) is 0. The van der Waals surface area contributed by atoms with Crippen molar-refractivity contribution in [3.63, 3.8) is 0 Å². The molecular weight excluding hydrogens is 286 g/mol. The van der Waals surface area contributed by atoms with Gasteiger partial charge in [-0.25, -0.2) is 0 Å². The fourth-order valence-electron chi connectivity index (χ4n) is 3.82. The summed E-state index contributed by atoms with van der Waals surface area (Å²) in [4.78, 5) is 23.4. The molecule has 2 bridgehead atoms. The lowest BCUT2D eigenvalue weighted by Crippen LogP contribution is -3.17. The fraction of sp³-hybridized carbons (Fsp3) is 0.467. The summed E-state index contributed by atoms with van der Waals surface area (Å²) in [6, 6.07) is 9.62. The van der Waals surface area contributed by atoms with Crippen molar-refractivity contribution in [2.75, 3.05) is 13.1 Å². The Morgan fingerprint density at radius 3 is 2.45 bits per heavy atom. The van der Waals surface area contributed by atoms with E-state index in [2.05, 4.69) is 0 Å². The zero-order valence-corrected chi connectivity index (χ0v) is 12.1. The standard InChI is InChI=1S/C15H17N3O4/c19-17(20)14-7-4-8-15(10-14,18(21)22)12-16(11-14)9-13-5-2-1-3-6-13/h1-7H,8-12H2/p+1/t14-,15+/m1/s1. The highest BCUT2D eigenvalue weighted by Crippen LogP contribution is 2.36. The predicted octanol–water partition coefficient (Wildman–Crippen LogP) is 0.466. The van der Waals surface area contributed by atoms with Crippen molar-refractivity contribution >= 4 is 0 Å². The molecule has 1 aliphatic heterocycles. The summed E-state index contributed by atoms with van der Waals surface area (Å²) in [5.41, 5.74) is -1.49. The molecule has 0 radical (unpaired) electrons. The number of hydrogen-bond donors (Lipinski definition) is 1. The molecule has 3 rings (SSSR count). The Balaban J connectivity index is 1.92. The first-order valence-corrected chi connectivity index (χ1v) is 7.30. The second kappa shape index (κ2) is 5.17. The molecule has 1 saturated heterocycles. The number of likely N-dealkylation sites (tertiary alicyclic amines) is 1. The van der Waals surface area contributed by atoms with Gasteiger partial charge in [-0.2, -0.15) is 0 Å². The predicted molar refractivity (Wildman–Crippen MR) is 78.7 cm³/mol. The quantitative estimate of drug-likeness (QED) is 0.497. The number of fused-ring (bicyclic) bond motifs is 2. The molecule has 22 heavy (non-hydrogen) atoms. The summed E-state index contributed by atoms with van der Waals surface area (Å²) in [5, 5.41) is 23.2. The topological polar surface area (TPSA) is 90.7 Å². The van der Waals surface area contributed by atoms with Gasteiger partial charge in [0.1, 0.15) is 19.5 Å². The Bertz CT molecular complexity index is 633. The number of hydrogen-bond acceptors (Lipinski definition) is 4. The van der Waals surface area contributed by atoms with Crippen molar-refractivity contribution in [2.24, 2.45) is 0 Å². The number of nitrogens with zero attached hydrogens (tertiary/aromatic N) is 2. The van der Waals surface area contributed by atoms with E-state index in [1.807, 2.05) is 30.3 Å². The zero-order chi connectivity index (χ0) is 15.8. The van der Waals surface area contributed by atoms with Crippen LogP contribution in [-0.2, 0) is 6.54 Å². The molecule has 1 aromatic rings. The molecular formula is C15H18N3O4+. The molecule has 1 fully saturated rings. The van der Waals surface area contributed by atoms with Crippen LogP contribution in [0.3, 0.4) is 0 Å². The Morgan fingerprint density at radius 2 is 1.82 bits per heavy atom. The second-order valence-electron chi connectivity index (χ2n) is 6.39. The van der Waals surface area contributed by atoms with Crippen molar-refractivity contribution < 1.29 is 14.7 Å². The van der Waals surface area contributed by atoms with Gasteiger partial charge in [-0.15, -0.1) is 0 Å². The minimum Gasteiger partial charge on any atom is -0.319 e. The van der Waals surface area contributed by atoms with Gasteiger partial charge >= 0.3 is 0 Å². The van der Waals surface area contributed by atoms with Crippen LogP contribution in [-0.4, -0.2) is 34.0 Å². The third-order valence-corrected chi connectivity index (χ3v) is 4.74. The Kier molecular flexibility index (Phi) is 3.44. The minimum absolute atomic E-state index is 0.00517. The average Bonchev–Trinajstić information content (AvgIpc) is 2.47. The number of benzene rings is 1. The molecule has 0 spiro atoms. The van der Waals surface area contributed by atoms with Gasteiger partial charge in [0.25, 0.3) is 11.1 Å². The van der Waals surface area contributed by atoms with Gasteiger partial charge in [0, 0.05) is 21.8 Å². The van der Waals surface area contributed by atoms with E-state index in [9.17, 15) is 20.2 Å². The van der Waals surface area contributed by atoms with E-state index in [0.29, 0.717) is 19.6 Å². The first-order valence-electron chi connectivity index (χ1n) is 7.30. The SMILES string of the molecule is O=[N+]([O-])[C@@]12C=CC[C@@]([N+](=O)[O-])(C[NH+](Cc3ccccc3)C1)C2. The summed E-state index contributed by atoms with van der Waals surface area (Å²) in [7, 11) is 0. The van der Waals surface area contributed by atoms with Crippen LogP contribution in [0.2, 0.25) is 0 Å². The van der Waals surface area contributed by atoms with Crippen LogP contribution in [0.5, 0.6) is 0 Å². The summed E-state index contributed by atoms with van der Waals surface area (Å²) >= 11 is 0. The number of quaternary nitrogens is 1. The molecule has 1 aliphatic carbocycles. The number of nitro groups is 2. The van der Waals surface area contributed by atoms with E-state index in [1.54, 1.807) is 12.2 Å². The molecule has 3 atom stereocenters. The molecule has 0 aromatic heterocycles. The van der Waals surface area contributed by atoms with Crippen LogP contribution in [0.4, 0.5) is 0 Å². The van der Waals surface area contributed by atoms with Crippen LogP contribution in [0.1, 0.15) is 18.4 Å². The van der Waals surface area contributed by atoms with Crippen molar-refractivity contribution in [3.05, 3.63) is 68.3 Å². The van der Waals surface area contributed by atoms with E-state index in [1.165, 1.54) is 0 Å². The smallest absolute Gasteiger partial charge is 0.294 e. The molecule has 1 N–H and O–H groups in total. The summed E-state index contributed by atoms with van der Waals surface area (Å²) in [6.45, 7) is 1.19. The van der Waals surface area contributed by atoms with Crippen molar-refractivity contribution in [2.45, 2.75) is 30.5 Å². The molecule has 1 unspecified atom stereocenters. The van der Waals surface area contributed by atoms with Gasteiger partial charge in [-0.05, 0) is 6.08 Å². The monoisotopic (exact) mass is 304 g/mol. The highest BCUT2D eigenvalue weighted by molar-refractivity contribution is 5.16. The Labute approximate surface area is 127 Å². The maximum atomic E-state index is 11.6. The zero-order valence-electron chi connectivity index (χ0n) is 12.1. The molecule has 7 nitrogen and oxygen atoms in total. The molecule has 2 aliphatic rings. The highest BCUT2D eigenvalue weighted by atomic mass is 16.6. The van der Waals surface area contributed by atoms with Crippen molar-refractivity contribution in [3.8, 4) is 0 Å². The molecule has 7 heteroatoms. The maximum Gasteiger partial charge on any atom is 0.294 e.